The average molecular weight is 637 g/mol. The van der Waals surface area contributed by atoms with Gasteiger partial charge >= 0.3 is 11.9 Å². The lowest BCUT2D eigenvalue weighted by Gasteiger charge is -2.32. The number of benzene rings is 2. The number of halogens is 1. The summed E-state index contributed by atoms with van der Waals surface area (Å²) in [6.07, 6.45) is 1.68. The van der Waals surface area contributed by atoms with E-state index in [1.54, 1.807) is 6.92 Å². The molecule has 0 radical (unpaired) electrons. The number of anilines is 2. The highest BCUT2D eigenvalue weighted by Gasteiger charge is 2.38. The number of fused-ring (bicyclic) bond motifs is 1. The summed E-state index contributed by atoms with van der Waals surface area (Å²) in [6.45, 7) is 2.29. The summed E-state index contributed by atoms with van der Waals surface area (Å²) in [5, 5.41) is 2.71. The lowest BCUT2D eigenvalue weighted by atomic mass is 9.98. The van der Waals surface area contributed by atoms with Crippen LogP contribution in [0.3, 0.4) is 0 Å². The van der Waals surface area contributed by atoms with E-state index in [1.165, 1.54) is 47.7 Å². The van der Waals surface area contributed by atoms with Crippen molar-refractivity contribution in [2.24, 2.45) is 5.92 Å². The van der Waals surface area contributed by atoms with Crippen LogP contribution in [0.15, 0.2) is 39.7 Å². The number of rotatable bonds is 7. The van der Waals surface area contributed by atoms with Crippen molar-refractivity contribution in [2.45, 2.75) is 37.5 Å². The van der Waals surface area contributed by atoms with Crippen LogP contribution in [0.2, 0.25) is 0 Å². The van der Waals surface area contributed by atoms with Crippen molar-refractivity contribution in [1.29, 1.82) is 0 Å². The number of carbonyl (C=O) groups is 4. The van der Waals surface area contributed by atoms with E-state index >= 15 is 0 Å². The molecular formula is C27H30BrN3O8S. The van der Waals surface area contributed by atoms with Crippen molar-refractivity contribution in [1.82, 2.24) is 4.31 Å². The zero-order valence-corrected chi connectivity index (χ0v) is 24.8. The Balaban J connectivity index is 1.60. The fourth-order valence-corrected chi connectivity index (χ4v) is 7.48. The topological polar surface area (TPSA) is 139 Å². The quantitative estimate of drug-likeness (QED) is 0.457. The van der Waals surface area contributed by atoms with Crippen LogP contribution >= 0.6 is 15.9 Å². The maximum Gasteiger partial charge on any atom is 0.337 e. The Morgan fingerprint density at radius 1 is 1.00 bits per heavy atom. The molecule has 0 bridgehead atoms. The standard InChI is InChI=1S/C27H30BrN3O8S/c1-4-23(32)31-9-7-16-11-20(28)14-22(24(16)31)40(36,37)30-8-5-6-17(15-30)25(33)29-21-12-18(26(34)38-2)10-19(13-21)27(35)39-3/h10-14,17H,4-9,15H2,1-3H3,(H,29,33)/t17-/m1/s1. The van der Waals surface area contributed by atoms with Crippen molar-refractivity contribution < 1.29 is 37.1 Å². The Bertz CT molecular complexity index is 1440. The minimum Gasteiger partial charge on any atom is -0.465 e. The van der Waals surface area contributed by atoms with E-state index in [1.807, 2.05) is 6.07 Å². The minimum atomic E-state index is -4.06. The van der Waals surface area contributed by atoms with Crippen LogP contribution in [0.25, 0.3) is 0 Å². The molecule has 4 rings (SSSR count). The van der Waals surface area contributed by atoms with Gasteiger partial charge in [-0.1, -0.05) is 22.9 Å². The number of methoxy groups -OCH3 is 2. The van der Waals surface area contributed by atoms with E-state index in [9.17, 15) is 27.6 Å². The first-order chi connectivity index (χ1) is 19.0. The van der Waals surface area contributed by atoms with Gasteiger partial charge in [0.15, 0.2) is 0 Å². The molecule has 0 spiro atoms. The highest BCUT2D eigenvalue weighted by atomic mass is 79.9. The number of carbonyl (C=O) groups excluding carboxylic acids is 4. The molecule has 1 atom stereocenters. The molecule has 0 aliphatic carbocycles. The monoisotopic (exact) mass is 635 g/mol. The zero-order chi connectivity index (χ0) is 29.2. The van der Waals surface area contributed by atoms with Gasteiger partial charge in [-0.3, -0.25) is 9.59 Å². The number of ether oxygens (including phenoxy) is 2. The average Bonchev–Trinajstić information content (AvgIpc) is 3.38. The molecule has 40 heavy (non-hydrogen) atoms. The third kappa shape index (κ3) is 5.91. The number of hydrogen-bond acceptors (Lipinski definition) is 8. The first-order valence-electron chi connectivity index (χ1n) is 12.8. The van der Waals surface area contributed by atoms with Crippen LogP contribution < -0.4 is 10.2 Å². The van der Waals surface area contributed by atoms with E-state index in [4.69, 9.17) is 9.47 Å². The summed E-state index contributed by atoms with van der Waals surface area (Å²) in [5.74, 6) is -2.71. The smallest absolute Gasteiger partial charge is 0.337 e. The largest absolute Gasteiger partial charge is 0.465 e. The number of nitrogens with zero attached hydrogens (tertiary/aromatic N) is 2. The second-order valence-electron chi connectivity index (χ2n) is 9.53. The highest BCUT2D eigenvalue weighted by Crippen LogP contribution is 2.40. The van der Waals surface area contributed by atoms with Crippen LogP contribution in [0.1, 0.15) is 52.5 Å². The van der Waals surface area contributed by atoms with E-state index < -0.39 is 33.8 Å². The van der Waals surface area contributed by atoms with Gasteiger partial charge in [-0.2, -0.15) is 4.31 Å². The maximum atomic E-state index is 13.9. The number of amides is 2. The Morgan fingerprint density at radius 3 is 2.25 bits per heavy atom. The summed E-state index contributed by atoms with van der Waals surface area (Å²) in [4.78, 5) is 51.6. The molecule has 2 aliphatic rings. The molecule has 0 saturated carbocycles. The number of sulfonamides is 1. The van der Waals surface area contributed by atoms with Gasteiger partial charge < -0.3 is 19.7 Å². The Morgan fingerprint density at radius 2 is 1.65 bits per heavy atom. The molecule has 214 valence electrons. The van der Waals surface area contributed by atoms with Crippen molar-refractivity contribution in [3.05, 3.63) is 51.5 Å². The molecule has 1 fully saturated rings. The summed E-state index contributed by atoms with van der Waals surface area (Å²) < 4.78 is 39.2. The van der Waals surface area contributed by atoms with Gasteiger partial charge in [0.2, 0.25) is 21.8 Å². The van der Waals surface area contributed by atoms with Gasteiger partial charge in [-0.05, 0) is 55.2 Å². The van der Waals surface area contributed by atoms with Gasteiger partial charge in [-0.15, -0.1) is 0 Å². The van der Waals surface area contributed by atoms with Crippen molar-refractivity contribution in [3.8, 4) is 0 Å². The summed E-state index contributed by atoms with van der Waals surface area (Å²) in [6, 6.07) is 7.38. The second kappa shape index (κ2) is 12.1. The number of piperidine rings is 1. The van der Waals surface area contributed by atoms with Crippen LogP contribution in [-0.2, 0) is 35.5 Å². The summed E-state index contributed by atoms with van der Waals surface area (Å²) >= 11 is 3.40. The van der Waals surface area contributed by atoms with E-state index in [2.05, 4.69) is 21.2 Å². The Kier molecular flexibility index (Phi) is 8.96. The van der Waals surface area contributed by atoms with E-state index in [0.717, 1.165) is 5.56 Å². The molecule has 2 aliphatic heterocycles. The van der Waals surface area contributed by atoms with Gasteiger partial charge in [-0.25, -0.2) is 18.0 Å². The SMILES string of the molecule is CCC(=O)N1CCc2cc(Br)cc(S(=O)(=O)N3CCC[C@@H](C(=O)Nc4cc(C(=O)OC)cc(C(=O)OC)c4)C3)c21. The fourth-order valence-electron chi connectivity index (χ4n) is 5.04. The number of hydrogen-bond donors (Lipinski definition) is 1. The van der Waals surface area contributed by atoms with Crippen LogP contribution in [0.5, 0.6) is 0 Å². The van der Waals surface area contributed by atoms with Gasteiger partial charge in [0.05, 0.1) is 37.0 Å². The van der Waals surface area contributed by atoms with Crippen molar-refractivity contribution in [2.75, 3.05) is 44.1 Å². The van der Waals surface area contributed by atoms with Gasteiger partial charge in [0.25, 0.3) is 0 Å². The van der Waals surface area contributed by atoms with E-state index in [-0.39, 0.29) is 47.1 Å². The second-order valence-corrected chi connectivity index (χ2v) is 12.4. The molecule has 2 heterocycles. The maximum absolute atomic E-state index is 13.9. The molecule has 13 heteroatoms. The highest BCUT2D eigenvalue weighted by molar-refractivity contribution is 9.10. The lowest BCUT2D eigenvalue weighted by molar-refractivity contribution is -0.121. The van der Waals surface area contributed by atoms with Crippen LogP contribution in [-0.4, -0.2) is 70.3 Å². The predicted molar refractivity (Wildman–Crippen MR) is 150 cm³/mol. The molecule has 0 aromatic heterocycles. The van der Waals surface area contributed by atoms with Crippen LogP contribution in [0, 0.1) is 5.92 Å². The predicted octanol–water partition coefficient (Wildman–Crippen LogP) is 3.36. The molecule has 2 amide bonds. The Labute approximate surface area is 241 Å². The summed E-state index contributed by atoms with van der Waals surface area (Å²) in [7, 11) is -1.67. The number of nitrogens with one attached hydrogen (secondary N) is 1. The molecule has 11 nitrogen and oxygen atoms in total. The fraction of sp³-hybridized carbons (Fsp3) is 0.407. The van der Waals surface area contributed by atoms with Gasteiger partial charge in [0.1, 0.15) is 4.90 Å². The molecular weight excluding hydrogens is 606 g/mol. The number of esters is 2. The molecule has 0 unspecified atom stereocenters. The first-order valence-corrected chi connectivity index (χ1v) is 15.0. The summed E-state index contributed by atoms with van der Waals surface area (Å²) in [5.41, 5.74) is 1.43. The minimum absolute atomic E-state index is 0.0331. The third-order valence-electron chi connectivity index (χ3n) is 7.01. The zero-order valence-electron chi connectivity index (χ0n) is 22.4. The van der Waals surface area contributed by atoms with Gasteiger partial charge in [0, 0.05) is 36.2 Å². The molecule has 2 aromatic rings. The third-order valence-corrected chi connectivity index (χ3v) is 9.35. The normalized spacial score (nSPS) is 17.2. The van der Waals surface area contributed by atoms with Crippen molar-refractivity contribution >= 4 is 61.1 Å². The van der Waals surface area contributed by atoms with Crippen molar-refractivity contribution in [3.63, 3.8) is 0 Å². The lowest BCUT2D eigenvalue weighted by Crippen LogP contribution is -2.44. The first kappa shape index (κ1) is 29.7. The molecule has 1 saturated heterocycles. The molecule has 2 aromatic carbocycles. The van der Waals surface area contributed by atoms with E-state index in [0.29, 0.717) is 36.0 Å². The molecule has 1 N–H and O–H groups in total. The Hall–Kier alpha value is -3.29. The van der Waals surface area contributed by atoms with Crippen LogP contribution in [0.4, 0.5) is 11.4 Å².